The quantitative estimate of drug-likeness (QED) is 0.896. The molecule has 0 atom stereocenters. The maximum atomic E-state index is 4.16. The van der Waals surface area contributed by atoms with Gasteiger partial charge in [-0.3, -0.25) is 4.68 Å². The Bertz CT molecular complexity index is 528. The summed E-state index contributed by atoms with van der Waals surface area (Å²) in [7, 11) is 6.06. The van der Waals surface area contributed by atoms with Gasteiger partial charge >= 0.3 is 0 Å². The Hall–Kier alpha value is -1.97. The van der Waals surface area contributed by atoms with Crippen LogP contribution in [0.2, 0.25) is 0 Å². The molecule has 1 heterocycles. The summed E-state index contributed by atoms with van der Waals surface area (Å²) < 4.78 is 1.89. The average Bonchev–Trinajstić information content (AvgIpc) is 2.73. The van der Waals surface area contributed by atoms with Crippen molar-refractivity contribution in [1.82, 2.24) is 9.78 Å². The molecule has 0 spiro atoms. The van der Waals surface area contributed by atoms with Gasteiger partial charge in [-0.2, -0.15) is 5.10 Å². The molecule has 0 fully saturated rings. The Morgan fingerprint density at radius 1 is 1.28 bits per heavy atom. The molecule has 0 saturated heterocycles. The monoisotopic (exact) mass is 244 g/mol. The van der Waals surface area contributed by atoms with Crippen LogP contribution >= 0.6 is 0 Å². The molecule has 0 aliphatic carbocycles. The molecular formula is C14H20N4. The van der Waals surface area contributed by atoms with E-state index in [2.05, 4.69) is 54.5 Å². The summed E-state index contributed by atoms with van der Waals surface area (Å²) in [4.78, 5) is 2.11. The van der Waals surface area contributed by atoms with Gasteiger partial charge in [0.1, 0.15) is 0 Å². The number of aryl methyl sites for hydroxylation is 2. The van der Waals surface area contributed by atoms with Crippen molar-refractivity contribution in [2.75, 3.05) is 24.3 Å². The summed E-state index contributed by atoms with van der Waals surface area (Å²) >= 11 is 0. The highest BCUT2D eigenvalue weighted by atomic mass is 15.3. The van der Waals surface area contributed by atoms with E-state index < -0.39 is 0 Å². The molecule has 0 unspecified atom stereocenters. The predicted molar refractivity (Wildman–Crippen MR) is 76.0 cm³/mol. The van der Waals surface area contributed by atoms with Crippen LogP contribution < -0.4 is 10.2 Å². The van der Waals surface area contributed by atoms with Crippen molar-refractivity contribution in [1.29, 1.82) is 0 Å². The van der Waals surface area contributed by atoms with E-state index in [1.54, 1.807) is 0 Å². The molecule has 0 radical (unpaired) electrons. The lowest BCUT2D eigenvalue weighted by molar-refractivity contribution is 0.720. The SMILES string of the molecule is Cc1cc(N(C)C)ccc1NCc1ccnn1C. The van der Waals surface area contributed by atoms with Crippen molar-refractivity contribution in [3.63, 3.8) is 0 Å². The fraction of sp³-hybridized carbons (Fsp3) is 0.357. The Labute approximate surface area is 108 Å². The zero-order valence-electron chi connectivity index (χ0n) is 11.4. The van der Waals surface area contributed by atoms with E-state index in [0.717, 1.165) is 6.54 Å². The van der Waals surface area contributed by atoms with Crippen LogP contribution in [-0.4, -0.2) is 23.9 Å². The fourth-order valence-electron chi connectivity index (χ4n) is 1.88. The van der Waals surface area contributed by atoms with Gasteiger partial charge in [0.15, 0.2) is 0 Å². The van der Waals surface area contributed by atoms with Crippen LogP contribution in [-0.2, 0) is 13.6 Å². The van der Waals surface area contributed by atoms with Crippen LogP contribution in [0.25, 0.3) is 0 Å². The predicted octanol–water partition coefficient (Wildman–Crippen LogP) is 2.41. The third kappa shape index (κ3) is 2.64. The molecule has 0 aliphatic rings. The van der Waals surface area contributed by atoms with Gasteiger partial charge < -0.3 is 10.2 Å². The smallest absolute Gasteiger partial charge is 0.0571 e. The van der Waals surface area contributed by atoms with Crippen LogP contribution in [0.5, 0.6) is 0 Å². The van der Waals surface area contributed by atoms with Crippen molar-refractivity contribution < 1.29 is 0 Å². The normalized spacial score (nSPS) is 10.4. The highest BCUT2D eigenvalue weighted by molar-refractivity contribution is 5.59. The molecule has 96 valence electrons. The van der Waals surface area contributed by atoms with Crippen molar-refractivity contribution in [3.05, 3.63) is 41.7 Å². The topological polar surface area (TPSA) is 33.1 Å². The van der Waals surface area contributed by atoms with Gasteiger partial charge in [-0.15, -0.1) is 0 Å². The lowest BCUT2D eigenvalue weighted by atomic mass is 10.1. The summed E-state index contributed by atoms with van der Waals surface area (Å²) in [5, 5.41) is 7.60. The summed E-state index contributed by atoms with van der Waals surface area (Å²) in [5.41, 5.74) is 4.81. The summed E-state index contributed by atoms with van der Waals surface area (Å²) in [6.07, 6.45) is 1.82. The van der Waals surface area contributed by atoms with Gasteiger partial charge in [0.05, 0.1) is 12.2 Å². The largest absolute Gasteiger partial charge is 0.379 e. The minimum atomic E-state index is 0.790. The zero-order valence-corrected chi connectivity index (χ0v) is 11.4. The minimum absolute atomic E-state index is 0.790. The first-order chi connectivity index (χ1) is 8.58. The molecule has 18 heavy (non-hydrogen) atoms. The van der Waals surface area contributed by atoms with E-state index >= 15 is 0 Å². The molecule has 1 aromatic heterocycles. The first-order valence-corrected chi connectivity index (χ1v) is 6.06. The minimum Gasteiger partial charge on any atom is -0.379 e. The third-order valence-corrected chi connectivity index (χ3v) is 3.11. The van der Waals surface area contributed by atoms with Gasteiger partial charge in [0.25, 0.3) is 0 Å². The van der Waals surface area contributed by atoms with Crippen LogP contribution in [0.1, 0.15) is 11.3 Å². The average molecular weight is 244 g/mol. The summed E-state index contributed by atoms with van der Waals surface area (Å²) in [5.74, 6) is 0. The number of anilines is 2. The van der Waals surface area contributed by atoms with E-state index in [-0.39, 0.29) is 0 Å². The number of benzene rings is 1. The number of hydrogen-bond donors (Lipinski definition) is 1. The molecule has 0 saturated carbocycles. The first-order valence-electron chi connectivity index (χ1n) is 6.06. The maximum Gasteiger partial charge on any atom is 0.0571 e. The number of nitrogens with zero attached hydrogens (tertiary/aromatic N) is 3. The molecule has 0 aliphatic heterocycles. The molecule has 0 amide bonds. The molecular weight excluding hydrogens is 224 g/mol. The highest BCUT2D eigenvalue weighted by Gasteiger charge is 2.03. The second-order valence-electron chi connectivity index (χ2n) is 4.69. The van der Waals surface area contributed by atoms with Crippen molar-refractivity contribution >= 4 is 11.4 Å². The lowest BCUT2D eigenvalue weighted by Gasteiger charge is -2.16. The Morgan fingerprint density at radius 2 is 2.06 bits per heavy atom. The molecule has 2 aromatic rings. The van der Waals surface area contributed by atoms with Crippen LogP contribution in [0.4, 0.5) is 11.4 Å². The van der Waals surface area contributed by atoms with E-state index in [9.17, 15) is 0 Å². The standard InChI is InChI=1S/C14H20N4/c1-11-9-12(17(2)3)5-6-14(11)15-10-13-7-8-16-18(13)4/h5-9,15H,10H2,1-4H3. The number of aromatic nitrogens is 2. The number of rotatable bonds is 4. The highest BCUT2D eigenvalue weighted by Crippen LogP contribution is 2.21. The van der Waals surface area contributed by atoms with Crippen molar-refractivity contribution in [2.24, 2.45) is 7.05 Å². The van der Waals surface area contributed by atoms with Gasteiger partial charge in [0, 0.05) is 38.7 Å². The van der Waals surface area contributed by atoms with Gasteiger partial charge in [0.2, 0.25) is 0 Å². The molecule has 1 aromatic carbocycles. The first kappa shape index (κ1) is 12.5. The molecule has 4 nitrogen and oxygen atoms in total. The maximum absolute atomic E-state index is 4.16. The Morgan fingerprint density at radius 3 is 2.61 bits per heavy atom. The van der Waals surface area contributed by atoms with E-state index in [1.165, 1.54) is 22.6 Å². The molecule has 4 heteroatoms. The van der Waals surface area contributed by atoms with Crippen molar-refractivity contribution in [3.8, 4) is 0 Å². The Kier molecular flexibility index (Phi) is 3.55. The van der Waals surface area contributed by atoms with Crippen LogP contribution in [0, 0.1) is 6.92 Å². The second kappa shape index (κ2) is 5.12. The third-order valence-electron chi connectivity index (χ3n) is 3.11. The fourth-order valence-corrected chi connectivity index (χ4v) is 1.88. The summed E-state index contributed by atoms with van der Waals surface area (Å²) in [6.45, 7) is 2.91. The van der Waals surface area contributed by atoms with Crippen molar-refractivity contribution in [2.45, 2.75) is 13.5 Å². The number of nitrogens with one attached hydrogen (secondary N) is 1. The van der Waals surface area contributed by atoms with Crippen LogP contribution in [0.3, 0.4) is 0 Å². The van der Waals surface area contributed by atoms with Gasteiger partial charge in [-0.1, -0.05) is 0 Å². The number of hydrogen-bond acceptors (Lipinski definition) is 3. The zero-order chi connectivity index (χ0) is 13.1. The summed E-state index contributed by atoms with van der Waals surface area (Å²) in [6, 6.07) is 8.46. The van der Waals surface area contributed by atoms with E-state index in [4.69, 9.17) is 0 Å². The second-order valence-corrected chi connectivity index (χ2v) is 4.69. The van der Waals surface area contributed by atoms with Crippen LogP contribution in [0.15, 0.2) is 30.5 Å². The molecule has 1 N–H and O–H groups in total. The molecule has 2 rings (SSSR count). The van der Waals surface area contributed by atoms with Gasteiger partial charge in [-0.25, -0.2) is 0 Å². The van der Waals surface area contributed by atoms with E-state index in [0.29, 0.717) is 0 Å². The van der Waals surface area contributed by atoms with E-state index in [1.807, 2.05) is 24.0 Å². The van der Waals surface area contributed by atoms with Gasteiger partial charge in [-0.05, 0) is 36.8 Å². The molecule has 0 bridgehead atoms. The Balaban J connectivity index is 2.08. The lowest BCUT2D eigenvalue weighted by Crippen LogP contribution is -2.10.